The van der Waals surface area contributed by atoms with E-state index < -0.39 is 0 Å². The van der Waals surface area contributed by atoms with Crippen molar-refractivity contribution in [2.75, 3.05) is 18.4 Å². The van der Waals surface area contributed by atoms with Gasteiger partial charge in [0.2, 0.25) is 0 Å². The number of rotatable bonds is 3. The number of nitrogens with one attached hydrogen (secondary N) is 1. The summed E-state index contributed by atoms with van der Waals surface area (Å²) in [6.07, 6.45) is 2.13. The zero-order valence-corrected chi connectivity index (χ0v) is 15.9. The van der Waals surface area contributed by atoms with Crippen molar-refractivity contribution in [3.63, 3.8) is 0 Å². The molecule has 138 valence electrons. The van der Waals surface area contributed by atoms with E-state index in [4.69, 9.17) is 0 Å². The number of benzene rings is 2. The van der Waals surface area contributed by atoms with Crippen LogP contribution in [0.5, 0.6) is 0 Å². The minimum Gasteiger partial charge on any atom is -0.355 e. The van der Waals surface area contributed by atoms with Gasteiger partial charge in [0.25, 0.3) is 5.91 Å². The predicted octanol–water partition coefficient (Wildman–Crippen LogP) is 5.16. The topological polar surface area (TPSA) is 45.2 Å². The average Bonchev–Trinajstić information content (AvgIpc) is 2.69. The van der Waals surface area contributed by atoms with Gasteiger partial charge in [-0.2, -0.15) is 0 Å². The number of aryl methyl sites for hydroxylation is 1. The van der Waals surface area contributed by atoms with Gasteiger partial charge >= 0.3 is 0 Å². The van der Waals surface area contributed by atoms with E-state index in [0.717, 1.165) is 48.2 Å². The highest BCUT2D eigenvalue weighted by Crippen LogP contribution is 2.28. The number of piperidine rings is 1. The summed E-state index contributed by atoms with van der Waals surface area (Å²) in [4.78, 5) is 19.7. The van der Waals surface area contributed by atoms with E-state index in [1.165, 1.54) is 5.56 Å². The van der Waals surface area contributed by atoms with E-state index in [-0.39, 0.29) is 5.91 Å². The molecular weight excluding hydrogens is 334 g/mol. The van der Waals surface area contributed by atoms with Gasteiger partial charge in [-0.3, -0.25) is 4.79 Å². The van der Waals surface area contributed by atoms with Crippen molar-refractivity contribution in [1.29, 1.82) is 0 Å². The Bertz CT molecular complexity index is 960. The van der Waals surface area contributed by atoms with Crippen LogP contribution in [-0.4, -0.2) is 28.9 Å². The molecule has 4 rings (SSSR count). The lowest BCUT2D eigenvalue weighted by Gasteiger charge is -2.30. The molecule has 27 heavy (non-hydrogen) atoms. The average molecular weight is 359 g/mol. The second-order valence-electron chi connectivity index (χ2n) is 7.54. The Morgan fingerprint density at radius 3 is 2.56 bits per heavy atom. The second-order valence-corrected chi connectivity index (χ2v) is 7.54. The zero-order chi connectivity index (χ0) is 18.8. The summed E-state index contributed by atoms with van der Waals surface area (Å²) >= 11 is 0. The van der Waals surface area contributed by atoms with Gasteiger partial charge in [-0.05, 0) is 56.0 Å². The van der Waals surface area contributed by atoms with Crippen LogP contribution in [0.1, 0.15) is 35.8 Å². The number of likely N-dealkylation sites (tertiary alicyclic amines) is 1. The number of fused-ring (bicyclic) bond motifs is 1. The number of aromatic nitrogens is 1. The molecule has 0 bridgehead atoms. The van der Waals surface area contributed by atoms with Gasteiger partial charge in [0.15, 0.2) is 0 Å². The van der Waals surface area contributed by atoms with E-state index in [9.17, 15) is 4.79 Å². The summed E-state index contributed by atoms with van der Waals surface area (Å²) in [6.45, 7) is 5.95. The summed E-state index contributed by atoms with van der Waals surface area (Å²) in [6, 6.07) is 18.1. The molecule has 1 aliphatic heterocycles. The van der Waals surface area contributed by atoms with Gasteiger partial charge in [-0.25, -0.2) is 4.98 Å². The number of amides is 1. The van der Waals surface area contributed by atoms with Crippen LogP contribution < -0.4 is 5.32 Å². The van der Waals surface area contributed by atoms with Crippen molar-refractivity contribution in [2.24, 2.45) is 5.92 Å². The zero-order valence-electron chi connectivity index (χ0n) is 15.9. The summed E-state index contributed by atoms with van der Waals surface area (Å²) in [5.74, 6) is 0.720. The van der Waals surface area contributed by atoms with Gasteiger partial charge in [0, 0.05) is 24.2 Å². The molecule has 1 aliphatic rings. The molecule has 1 N–H and O–H groups in total. The highest BCUT2D eigenvalue weighted by atomic mass is 16.2. The Kier molecular flexibility index (Phi) is 4.80. The first kappa shape index (κ1) is 17.5. The molecule has 0 unspecified atom stereocenters. The van der Waals surface area contributed by atoms with Crippen molar-refractivity contribution < 1.29 is 4.79 Å². The highest BCUT2D eigenvalue weighted by Gasteiger charge is 2.23. The van der Waals surface area contributed by atoms with Crippen LogP contribution in [0.15, 0.2) is 54.6 Å². The molecule has 4 heteroatoms. The fourth-order valence-electron chi connectivity index (χ4n) is 3.60. The third kappa shape index (κ3) is 3.80. The monoisotopic (exact) mass is 359 g/mol. The predicted molar refractivity (Wildman–Crippen MR) is 111 cm³/mol. The maximum absolute atomic E-state index is 13.1. The molecule has 1 aromatic heterocycles. The van der Waals surface area contributed by atoms with Crippen molar-refractivity contribution in [1.82, 2.24) is 9.88 Å². The lowest BCUT2D eigenvalue weighted by atomic mass is 9.99. The van der Waals surface area contributed by atoms with E-state index >= 15 is 0 Å². The SMILES string of the molecule is Cc1ccc2nc(C(=O)N3CCC(C)CC3)cc(Nc3ccccc3)c2c1. The molecule has 3 aromatic rings. The Hall–Kier alpha value is -2.88. The third-order valence-corrected chi connectivity index (χ3v) is 5.31. The van der Waals surface area contributed by atoms with Crippen LogP contribution in [0.4, 0.5) is 11.4 Å². The fraction of sp³-hybridized carbons (Fsp3) is 0.304. The summed E-state index contributed by atoms with van der Waals surface area (Å²) in [5.41, 5.74) is 4.44. The van der Waals surface area contributed by atoms with E-state index in [1.807, 2.05) is 53.4 Å². The molecule has 0 aliphatic carbocycles. The number of hydrogen-bond acceptors (Lipinski definition) is 3. The van der Waals surface area contributed by atoms with Crippen LogP contribution in [0.3, 0.4) is 0 Å². The maximum atomic E-state index is 13.1. The van der Waals surface area contributed by atoms with Gasteiger partial charge in [0.05, 0.1) is 11.2 Å². The van der Waals surface area contributed by atoms with E-state index in [1.54, 1.807) is 0 Å². The minimum absolute atomic E-state index is 0.0282. The highest BCUT2D eigenvalue weighted by molar-refractivity contribution is 6.00. The largest absolute Gasteiger partial charge is 0.355 e. The van der Waals surface area contributed by atoms with Gasteiger partial charge in [0.1, 0.15) is 5.69 Å². The van der Waals surface area contributed by atoms with Crippen LogP contribution in [0.2, 0.25) is 0 Å². The molecule has 0 radical (unpaired) electrons. The first-order valence-corrected chi connectivity index (χ1v) is 9.63. The standard InChI is InChI=1S/C23H25N3O/c1-16-10-12-26(13-11-16)23(27)22-15-21(24-18-6-4-3-5-7-18)19-14-17(2)8-9-20(19)25-22/h3-9,14-16H,10-13H2,1-2H3,(H,24,25). The molecule has 0 atom stereocenters. The lowest BCUT2D eigenvalue weighted by Crippen LogP contribution is -2.38. The number of pyridine rings is 1. The fourth-order valence-corrected chi connectivity index (χ4v) is 3.60. The Morgan fingerprint density at radius 1 is 1.07 bits per heavy atom. The molecule has 1 amide bonds. The van der Waals surface area contributed by atoms with Crippen molar-refractivity contribution in [3.05, 3.63) is 65.9 Å². The molecule has 2 aromatic carbocycles. The van der Waals surface area contributed by atoms with Crippen LogP contribution in [0.25, 0.3) is 10.9 Å². The molecule has 2 heterocycles. The quantitative estimate of drug-likeness (QED) is 0.702. The molecule has 0 spiro atoms. The second kappa shape index (κ2) is 7.39. The number of anilines is 2. The Morgan fingerprint density at radius 2 is 1.81 bits per heavy atom. The molecular formula is C23H25N3O. The van der Waals surface area contributed by atoms with Crippen LogP contribution in [0, 0.1) is 12.8 Å². The summed E-state index contributed by atoms with van der Waals surface area (Å²) < 4.78 is 0. The number of hydrogen-bond donors (Lipinski definition) is 1. The first-order valence-electron chi connectivity index (χ1n) is 9.63. The molecule has 1 fully saturated rings. The molecule has 4 nitrogen and oxygen atoms in total. The molecule has 0 saturated carbocycles. The van der Waals surface area contributed by atoms with Gasteiger partial charge in [-0.1, -0.05) is 36.8 Å². The number of nitrogens with zero attached hydrogens (tertiary/aromatic N) is 2. The summed E-state index contributed by atoms with van der Waals surface area (Å²) in [7, 11) is 0. The number of carbonyl (C=O) groups is 1. The first-order chi connectivity index (χ1) is 13.1. The smallest absolute Gasteiger partial charge is 0.272 e. The van der Waals surface area contributed by atoms with Crippen LogP contribution >= 0.6 is 0 Å². The summed E-state index contributed by atoms with van der Waals surface area (Å²) in [5, 5.41) is 4.50. The van der Waals surface area contributed by atoms with Gasteiger partial charge in [-0.15, -0.1) is 0 Å². The third-order valence-electron chi connectivity index (χ3n) is 5.31. The number of carbonyl (C=O) groups excluding carboxylic acids is 1. The van der Waals surface area contributed by atoms with Crippen molar-refractivity contribution in [2.45, 2.75) is 26.7 Å². The van der Waals surface area contributed by atoms with Crippen molar-refractivity contribution >= 4 is 28.2 Å². The normalized spacial score (nSPS) is 15.1. The maximum Gasteiger partial charge on any atom is 0.272 e. The number of para-hydroxylation sites is 1. The van der Waals surface area contributed by atoms with Crippen LogP contribution in [-0.2, 0) is 0 Å². The van der Waals surface area contributed by atoms with E-state index in [2.05, 4.69) is 30.2 Å². The molecule has 1 saturated heterocycles. The van der Waals surface area contributed by atoms with Gasteiger partial charge < -0.3 is 10.2 Å². The van der Waals surface area contributed by atoms with Crippen molar-refractivity contribution in [3.8, 4) is 0 Å². The Balaban J connectivity index is 1.73. The lowest BCUT2D eigenvalue weighted by molar-refractivity contribution is 0.0692. The Labute approximate surface area is 160 Å². The van der Waals surface area contributed by atoms with E-state index in [0.29, 0.717) is 11.6 Å². The minimum atomic E-state index is 0.0282.